The maximum absolute atomic E-state index is 12.9. The molecule has 0 unspecified atom stereocenters. The molecule has 0 spiro atoms. The number of aromatic nitrogens is 1. The van der Waals surface area contributed by atoms with E-state index < -0.39 is 6.61 Å². The van der Waals surface area contributed by atoms with Crippen molar-refractivity contribution in [1.29, 1.82) is 0 Å². The molecule has 11 heteroatoms. The molecule has 33 heavy (non-hydrogen) atoms. The Hall–Kier alpha value is -2.70. The van der Waals surface area contributed by atoms with Crippen molar-refractivity contribution in [2.75, 3.05) is 33.8 Å². The van der Waals surface area contributed by atoms with Gasteiger partial charge in [-0.1, -0.05) is 18.2 Å². The Morgan fingerprint density at radius 3 is 2.64 bits per heavy atom. The molecule has 0 saturated carbocycles. The zero-order chi connectivity index (χ0) is 23.3. The molecule has 1 aromatic carbocycles. The van der Waals surface area contributed by atoms with Crippen molar-refractivity contribution in [2.45, 2.75) is 26.5 Å². The highest BCUT2D eigenvalue weighted by molar-refractivity contribution is 14.0. The molecule has 1 aromatic heterocycles. The van der Waals surface area contributed by atoms with E-state index in [4.69, 9.17) is 4.74 Å². The van der Waals surface area contributed by atoms with Crippen LogP contribution >= 0.6 is 24.0 Å². The van der Waals surface area contributed by atoms with Gasteiger partial charge in [-0.05, 0) is 25.1 Å². The number of nitrogens with one attached hydrogen (secondary N) is 2. The zero-order valence-corrected chi connectivity index (χ0v) is 21.2. The van der Waals surface area contributed by atoms with Crippen LogP contribution in [0.4, 0.5) is 8.78 Å². The van der Waals surface area contributed by atoms with E-state index in [1.165, 1.54) is 0 Å². The third-order valence-corrected chi connectivity index (χ3v) is 4.50. The van der Waals surface area contributed by atoms with Crippen LogP contribution in [-0.4, -0.2) is 62.2 Å². The minimum Gasteiger partial charge on any atom is -0.490 e. The summed E-state index contributed by atoms with van der Waals surface area (Å²) in [4.78, 5) is 22.3. The summed E-state index contributed by atoms with van der Waals surface area (Å²) in [6.45, 7) is -0.207. The number of ether oxygens (including phenoxy) is 2. The van der Waals surface area contributed by atoms with Crippen LogP contribution in [0.2, 0.25) is 0 Å². The SMILES string of the molecule is CCOc1cccc(CNC(=NC)NCC(=O)N(C)CCc2ccccn2)c1OC(F)F.I. The van der Waals surface area contributed by atoms with E-state index in [0.29, 0.717) is 31.1 Å². The molecule has 0 aliphatic rings. The van der Waals surface area contributed by atoms with Crippen molar-refractivity contribution in [3.8, 4) is 11.5 Å². The molecule has 2 N–H and O–H groups in total. The lowest BCUT2D eigenvalue weighted by Gasteiger charge is -2.19. The summed E-state index contributed by atoms with van der Waals surface area (Å²) in [7, 11) is 3.27. The van der Waals surface area contributed by atoms with Crippen LogP contribution in [0, 0.1) is 0 Å². The highest BCUT2D eigenvalue weighted by Crippen LogP contribution is 2.32. The molecule has 0 atom stereocenters. The molecule has 2 rings (SSSR count). The minimum absolute atomic E-state index is 0. The van der Waals surface area contributed by atoms with E-state index >= 15 is 0 Å². The Morgan fingerprint density at radius 2 is 2.00 bits per heavy atom. The summed E-state index contributed by atoms with van der Waals surface area (Å²) >= 11 is 0. The third-order valence-electron chi connectivity index (χ3n) is 4.50. The van der Waals surface area contributed by atoms with Crippen LogP contribution in [0.3, 0.4) is 0 Å². The number of hydrogen-bond acceptors (Lipinski definition) is 5. The number of para-hydroxylation sites is 1. The van der Waals surface area contributed by atoms with Gasteiger partial charge in [0.05, 0.1) is 13.2 Å². The van der Waals surface area contributed by atoms with Gasteiger partial charge in [0.25, 0.3) is 0 Å². The van der Waals surface area contributed by atoms with Crippen molar-refractivity contribution in [3.63, 3.8) is 0 Å². The summed E-state index contributed by atoms with van der Waals surface area (Å²) in [6.07, 6.45) is 2.37. The summed E-state index contributed by atoms with van der Waals surface area (Å²) in [5.41, 5.74) is 1.38. The van der Waals surface area contributed by atoms with E-state index in [1.54, 1.807) is 50.3 Å². The van der Waals surface area contributed by atoms with Crippen LogP contribution in [0.1, 0.15) is 18.2 Å². The predicted octanol–water partition coefficient (Wildman–Crippen LogP) is 3.07. The number of alkyl halides is 2. The van der Waals surface area contributed by atoms with Crippen molar-refractivity contribution in [2.24, 2.45) is 4.99 Å². The molecule has 8 nitrogen and oxygen atoms in total. The first-order valence-electron chi connectivity index (χ1n) is 10.2. The number of amides is 1. The van der Waals surface area contributed by atoms with E-state index in [9.17, 15) is 13.6 Å². The Labute approximate surface area is 209 Å². The molecule has 1 heterocycles. The molecular weight excluding hydrogens is 547 g/mol. The van der Waals surface area contributed by atoms with Crippen LogP contribution in [0.5, 0.6) is 11.5 Å². The van der Waals surface area contributed by atoms with Gasteiger partial charge in [0.2, 0.25) is 5.91 Å². The molecule has 182 valence electrons. The lowest BCUT2D eigenvalue weighted by Crippen LogP contribution is -2.43. The summed E-state index contributed by atoms with van der Waals surface area (Å²) in [5.74, 6) is 0.433. The predicted molar refractivity (Wildman–Crippen MR) is 133 cm³/mol. The number of nitrogens with zero attached hydrogens (tertiary/aromatic N) is 3. The normalized spacial score (nSPS) is 10.9. The number of likely N-dealkylation sites (N-methyl/N-ethyl adjacent to an activating group) is 1. The van der Waals surface area contributed by atoms with Gasteiger partial charge in [-0.3, -0.25) is 14.8 Å². The standard InChI is InChI=1S/C22H29F2N5O3.HI/c1-4-31-18-10-7-8-16(20(18)32-21(23)24)14-27-22(25-2)28-15-19(30)29(3)13-11-17-9-5-6-12-26-17;/h5-10,12,21H,4,11,13-15H2,1-3H3,(H2,25,27,28);1H. The van der Waals surface area contributed by atoms with Crippen molar-refractivity contribution < 1.29 is 23.0 Å². The van der Waals surface area contributed by atoms with Gasteiger partial charge in [-0.15, -0.1) is 24.0 Å². The first kappa shape index (κ1) is 28.3. The fourth-order valence-corrected chi connectivity index (χ4v) is 2.84. The van der Waals surface area contributed by atoms with Crippen molar-refractivity contribution >= 4 is 35.8 Å². The van der Waals surface area contributed by atoms with E-state index in [1.807, 2.05) is 18.2 Å². The average Bonchev–Trinajstić information content (AvgIpc) is 2.79. The number of rotatable bonds is 11. The molecular formula is C22H30F2IN5O3. The molecule has 0 fully saturated rings. The number of guanidine groups is 1. The van der Waals surface area contributed by atoms with E-state index in [0.717, 1.165) is 5.69 Å². The van der Waals surface area contributed by atoms with Crippen LogP contribution in [0.15, 0.2) is 47.6 Å². The smallest absolute Gasteiger partial charge is 0.387 e. The molecule has 0 radical (unpaired) electrons. The minimum atomic E-state index is -2.98. The number of halogens is 3. The van der Waals surface area contributed by atoms with Crippen LogP contribution in [-0.2, 0) is 17.8 Å². The van der Waals surface area contributed by atoms with Gasteiger partial charge in [0, 0.05) is 51.1 Å². The monoisotopic (exact) mass is 577 g/mol. The number of aliphatic imine (C=N–C) groups is 1. The van der Waals surface area contributed by atoms with Gasteiger partial charge in [-0.2, -0.15) is 8.78 Å². The van der Waals surface area contributed by atoms with Gasteiger partial charge in [0.1, 0.15) is 0 Å². The van der Waals surface area contributed by atoms with E-state index in [-0.39, 0.29) is 54.5 Å². The second-order valence-electron chi connectivity index (χ2n) is 6.72. The second kappa shape index (κ2) is 15.2. The van der Waals surface area contributed by atoms with Crippen molar-refractivity contribution in [1.82, 2.24) is 20.5 Å². The summed E-state index contributed by atoms with van der Waals surface area (Å²) < 4.78 is 35.8. The quantitative estimate of drug-likeness (QED) is 0.243. The fourth-order valence-electron chi connectivity index (χ4n) is 2.84. The molecule has 0 bridgehead atoms. The third kappa shape index (κ3) is 9.76. The number of pyridine rings is 1. The second-order valence-corrected chi connectivity index (χ2v) is 6.72. The number of hydrogen-bond donors (Lipinski definition) is 2. The fraction of sp³-hybridized carbons (Fsp3) is 0.409. The number of carbonyl (C=O) groups is 1. The van der Waals surface area contributed by atoms with E-state index in [2.05, 4.69) is 25.3 Å². The molecule has 0 saturated heterocycles. The molecule has 1 amide bonds. The lowest BCUT2D eigenvalue weighted by molar-refractivity contribution is -0.128. The Kier molecular flexibility index (Phi) is 13.0. The molecule has 2 aromatic rings. The lowest BCUT2D eigenvalue weighted by atomic mass is 10.2. The summed E-state index contributed by atoms with van der Waals surface area (Å²) in [5, 5.41) is 5.93. The molecule has 0 aliphatic heterocycles. The first-order chi connectivity index (χ1) is 15.4. The van der Waals surface area contributed by atoms with Gasteiger partial charge >= 0.3 is 6.61 Å². The number of carbonyl (C=O) groups excluding carboxylic acids is 1. The zero-order valence-electron chi connectivity index (χ0n) is 18.9. The largest absolute Gasteiger partial charge is 0.490 e. The first-order valence-corrected chi connectivity index (χ1v) is 10.2. The van der Waals surface area contributed by atoms with Gasteiger partial charge in [-0.25, -0.2) is 0 Å². The topological polar surface area (TPSA) is 88.1 Å². The Morgan fingerprint density at radius 1 is 1.21 bits per heavy atom. The van der Waals surface area contributed by atoms with Crippen LogP contribution in [0.25, 0.3) is 0 Å². The Bertz CT molecular complexity index is 888. The molecule has 0 aliphatic carbocycles. The Balaban J connectivity index is 0.00000544. The highest BCUT2D eigenvalue weighted by Gasteiger charge is 2.16. The highest BCUT2D eigenvalue weighted by atomic mass is 127. The summed E-state index contributed by atoms with van der Waals surface area (Å²) in [6, 6.07) is 10.6. The van der Waals surface area contributed by atoms with Crippen LogP contribution < -0.4 is 20.1 Å². The van der Waals surface area contributed by atoms with Crippen molar-refractivity contribution in [3.05, 3.63) is 53.9 Å². The number of benzene rings is 1. The van der Waals surface area contributed by atoms with Gasteiger partial charge in [0.15, 0.2) is 17.5 Å². The average molecular weight is 577 g/mol. The maximum Gasteiger partial charge on any atom is 0.387 e. The van der Waals surface area contributed by atoms with Gasteiger partial charge < -0.3 is 25.0 Å². The maximum atomic E-state index is 12.9.